The largest absolute Gasteiger partial charge is 0.312 e. The second kappa shape index (κ2) is 6.54. The van der Waals surface area contributed by atoms with Crippen LogP contribution in [-0.4, -0.2) is 38.4 Å². The van der Waals surface area contributed by atoms with Gasteiger partial charge in [0.25, 0.3) is 0 Å². The number of hydrogen-bond acceptors (Lipinski definition) is 3. The average Bonchev–Trinajstić information content (AvgIpc) is 2.32. The summed E-state index contributed by atoms with van der Waals surface area (Å²) in [6, 6.07) is 5.55. The summed E-state index contributed by atoms with van der Waals surface area (Å²) in [5, 5.41) is 3.25. The van der Waals surface area contributed by atoms with E-state index >= 15 is 0 Å². The van der Waals surface area contributed by atoms with Gasteiger partial charge in [-0.3, -0.25) is 0 Å². The maximum absolute atomic E-state index is 12.6. The molecule has 0 saturated carbocycles. The van der Waals surface area contributed by atoms with Gasteiger partial charge in [0.15, 0.2) is 0 Å². The number of piperazine rings is 1. The molecule has 7 heteroatoms. The standard InChI is InChI=1S/C12H17BrN2O2S.ClH/c1-9-3-4-11(13)7-12(9)18(16,17)15-6-5-14-10(2)8-15;/h3-4,7,10,14H,5-6,8H2,1-2H3;1H/t10-;/m0./s1. The summed E-state index contributed by atoms with van der Waals surface area (Å²) in [6.45, 7) is 5.57. The van der Waals surface area contributed by atoms with Crippen molar-refractivity contribution in [1.29, 1.82) is 0 Å². The highest BCUT2D eigenvalue weighted by Gasteiger charge is 2.29. The zero-order valence-electron chi connectivity index (χ0n) is 10.9. The molecule has 1 aromatic rings. The van der Waals surface area contributed by atoms with E-state index in [9.17, 15) is 8.42 Å². The molecule has 0 aliphatic carbocycles. The summed E-state index contributed by atoms with van der Waals surface area (Å²) < 4.78 is 27.5. The highest BCUT2D eigenvalue weighted by molar-refractivity contribution is 9.10. The molecule has 0 spiro atoms. The second-order valence-corrected chi connectivity index (χ2v) is 7.45. The number of aryl methyl sites for hydroxylation is 1. The SMILES string of the molecule is Cc1ccc(Br)cc1S(=O)(=O)N1CCN[C@@H](C)C1.Cl. The molecule has 1 fully saturated rings. The van der Waals surface area contributed by atoms with Gasteiger partial charge >= 0.3 is 0 Å². The van der Waals surface area contributed by atoms with Gasteiger partial charge in [-0.1, -0.05) is 22.0 Å². The van der Waals surface area contributed by atoms with Crippen molar-refractivity contribution in [2.24, 2.45) is 0 Å². The first-order valence-corrected chi connectivity index (χ1v) is 8.14. The number of halogens is 2. The van der Waals surface area contributed by atoms with E-state index in [0.29, 0.717) is 24.5 Å². The maximum atomic E-state index is 12.6. The fourth-order valence-electron chi connectivity index (χ4n) is 2.11. The first-order chi connectivity index (χ1) is 8.41. The van der Waals surface area contributed by atoms with Crippen LogP contribution in [0.1, 0.15) is 12.5 Å². The molecule has 1 N–H and O–H groups in total. The van der Waals surface area contributed by atoms with Gasteiger partial charge in [0, 0.05) is 30.1 Å². The van der Waals surface area contributed by atoms with Crippen molar-refractivity contribution in [3.63, 3.8) is 0 Å². The zero-order valence-corrected chi connectivity index (χ0v) is 14.1. The number of hydrogen-bond donors (Lipinski definition) is 1. The van der Waals surface area contributed by atoms with Gasteiger partial charge in [0.1, 0.15) is 0 Å². The lowest BCUT2D eigenvalue weighted by Gasteiger charge is -2.31. The van der Waals surface area contributed by atoms with E-state index in [-0.39, 0.29) is 18.4 Å². The molecule has 1 aromatic carbocycles. The van der Waals surface area contributed by atoms with E-state index in [0.717, 1.165) is 10.0 Å². The van der Waals surface area contributed by atoms with E-state index in [1.165, 1.54) is 0 Å². The van der Waals surface area contributed by atoms with Gasteiger partial charge in [-0.2, -0.15) is 4.31 Å². The maximum Gasteiger partial charge on any atom is 0.243 e. The minimum Gasteiger partial charge on any atom is -0.312 e. The Morgan fingerprint density at radius 1 is 1.42 bits per heavy atom. The van der Waals surface area contributed by atoms with E-state index in [1.807, 2.05) is 26.0 Å². The highest BCUT2D eigenvalue weighted by atomic mass is 79.9. The van der Waals surface area contributed by atoms with Crippen LogP contribution >= 0.6 is 28.3 Å². The molecule has 1 atom stereocenters. The van der Waals surface area contributed by atoms with Crippen LogP contribution in [0, 0.1) is 6.92 Å². The number of sulfonamides is 1. The molecule has 1 aliphatic heterocycles. The summed E-state index contributed by atoms with van der Waals surface area (Å²) in [5.74, 6) is 0. The molecule has 1 aliphatic rings. The molecule has 0 unspecified atom stereocenters. The lowest BCUT2D eigenvalue weighted by Crippen LogP contribution is -2.51. The monoisotopic (exact) mass is 368 g/mol. The summed E-state index contributed by atoms with van der Waals surface area (Å²) in [6.07, 6.45) is 0. The molecule has 4 nitrogen and oxygen atoms in total. The van der Waals surface area contributed by atoms with Gasteiger partial charge in [-0.15, -0.1) is 12.4 Å². The lowest BCUT2D eigenvalue weighted by molar-refractivity contribution is 0.310. The molecule has 0 aromatic heterocycles. The molecule has 1 saturated heterocycles. The predicted octanol–water partition coefficient (Wildman–Crippen LogP) is 2.16. The zero-order chi connectivity index (χ0) is 13.3. The quantitative estimate of drug-likeness (QED) is 0.869. The van der Waals surface area contributed by atoms with Crippen molar-refractivity contribution in [2.75, 3.05) is 19.6 Å². The molecule has 0 bridgehead atoms. The van der Waals surface area contributed by atoms with Crippen LogP contribution in [0.3, 0.4) is 0 Å². The second-order valence-electron chi connectivity index (χ2n) is 4.63. The topological polar surface area (TPSA) is 49.4 Å². The normalized spacial score (nSPS) is 20.9. The Balaban J connectivity index is 0.00000180. The number of nitrogens with one attached hydrogen (secondary N) is 1. The molecule has 1 heterocycles. The van der Waals surface area contributed by atoms with Crippen molar-refractivity contribution < 1.29 is 8.42 Å². The summed E-state index contributed by atoms with van der Waals surface area (Å²) in [7, 11) is -3.38. The molecule has 108 valence electrons. The van der Waals surface area contributed by atoms with Crippen LogP contribution in [0.25, 0.3) is 0 Å². The Morgan fingerprint density at radius 2 is 2.11 bits per heavy atom. The smallest absolute Gasteiger partial charge is 0.243 e. The van der Waals surface area contributed by atoms with Crippen molar-refractivity contribution in [3.05, 3.63) is 28.2 Å². The van der Waals surface area contributed by atoms with Gasteiger partial charge in [-0.05, 0) is 31.5 Å². The molecular formula is C12H18BrClN2O2S. The van der Waals surface area contributed by atoms with Gasteiger partial charge < -0.3 is 5.32 Å². The first kappa shape index (κ1) is 16.9. The predicted molar refractivity (Wildman–Crippen MR) is 82.4 cm³/mol. The number of nitrogens with zero attached hydrogens (tertiary/aromatic N) is 1. The van der Waals surface area contributed by atoms with Crippen molar-refractivity contribution in [3.8, 4) is 0 Å². The Hall–Kier alpha value is -0.140. The van der Waals surface area contributed by atoms with E-state index in [4.69, 9.17) is 0 Å². The van der Waals surface area contributed by atoms with Crippen LogP contribution in [0.4, 0.5) is 0 Å². The van der Waals surface area contributed by atoms with E-state index < -0.39 is 10.0 Å². The van der Waals surface area contributed by atoms with Crippen LogP contribution in [0.2, 0.25) is 0 Å². The third-order valence-electron chi connectivity index (χ3n) is 3.10. The molecule has 19 heavy (non-hydrogen) atoms. The Morgan fingerprint density at radius 3 is 2.74 bits per heavy atom. The van der Waals surface area contributed by atoms with E-state index in [2.05, 4.69) is 21.2 Å². The lowest BCUT2D eigenvalue weighted by atomic mass is 10.2. The number of benzene rings is 1. The first-order valence-electron chi connectivity index (χ1n) is 5.91. The van der Waals surface area contributed by atoms with Gasteiger partial charge in [-0.25, -0.2) is 8.42 Å². The van der Waals surface area contributed by atoms with Crippen molar-refractivity contribution in [2.45, 2.75) is 24.8 Å². The van der Waals surface area contributed by atoms with Crippen molar-refractivity contribution in [1.82, 2.24) is 9.62 Å². The Bertz CT molecular complexity index is 551. The summed E-state index contributed by atoms with van der Waals surface area (Å²) in [4.78, 5) is 0.394. The van der Waals surface area contributed by atoms with Crippen molar-refractivity contribution >= 4 is 38.4 Å². The molecular weight excluding hydrogens is 352 g/mol. The summed E-state index contributed by atoms with van der Waals surface area (Å²) >= 11 is 3.33. The fraction of sp³-hybridized carbons (Fsp3) is 0.500. The average molecular weight is 370 g/mol. The molecule has 0 amide bonds. The van der Waals surface area contributed by atoms with Crippen LogP contribution in [-0.2, 0) is 10.0 Å². The van der Waals surface area contributed by atoms with Gasteiger partial charge in [0.05, 0.1) is 4.90 Å². The highest BCUT2D eigenvalue weighted by Crippen LogP contribution is 2.24. The number of rotatable bonds is 2. The Kier molecular flexibility index (Phi) is 5.82. The third-order valence-corrected chi connectivity index (χ3v) is 5.60. The molecule has 0 radical (unpaired) electrons. The van der Waals surface area contributed by atoms with E-state index in [1.54, 1.807) is 10.4 Å². The van der Waals surface area contributed by atoms with Crippen LogP contribution < -0.4 is 5.32 Å². The van der Waals surface area contributed by atoms with Gasteiger partial charge in [0.2, 0.25) is 10.0 Å². The molecule has 2 rings (SSSR count). The van der Waals surface area contributed by atoms with Crippen LogP contribution in [0.15, 0.2) is 27.6 Å². The summed E-state index contributed by atoms with van der Waals surface area (Å²) in [5.41, 5.74) is 0.782. The van der Waals surface area contributed by atoms with Crippen LogP contribution in [0.5, 0.6) is 0 Å². The minimum absolute atomic E-state index is 0. The fourth-order valence-corrected chi connectivity index (χ4v) is 4.40. The Labute approximate surface area is 129 Å². The third kappa shape index (κ3) is 3.70. The minimum atomic E-state index is -3.38.